The Morgan fingerprint density at radius 3 is 1.93 bits per heavy atom. The summed E-state index contributed by atoms with van der Waals surface area (Å²) in [4.78, 5) is 40.4. The number of carbonyl (C=O) groups excluding carboxylic acids is 2. The fraction of sp³-hybridized carbons (Fsp3) is 0.429. The summed E-state index contributed by atoms with van der Waals surface area (Å²) in [5.74, 6) is 1.37. The summed E-state index contributed by atoms with van der Waals surface area (Å²) in [5.41, 5.74) is 6.41. The van der Waals surface area contributed by atoms with Crippen molar-refractivity contribution in [1.82, 2.24) is 28.9 Å². The second kappa shape index (κ2) is 13.3. The maximum atomic E-state index is 13.4. The van der Waals surface area contributed by atoms with Gasteiger partial charge >= 0.3 is 0 Å². The van der Waals surface area contributed by atoms with Crippen LogP contribution >= 0.6 is 0 Å². The molecule has 0 bridgehead atoms. The van der Waals surface area contributed by atoms with E-state index >= 15 is 0 Å². The van der Waals surface area contributed by atoms with Crippen LogP contribution in [-0.2, 0) is 32.6 Å². The molecule has 46 heavy (non-hydrogen) atoms. The third-order valence-corrected chi connectivity index (χ3v) is 9.63. The molecule has 0 aliphatic carbocycles. The summed E-state index contributed by atoms with van der Waals surface area (Å²) >= 11 is 0. The second-order valence-corrected chi connectivity index (χ2v) is 12.6. The van der Waals surface area contributed by atoms with Crippen LogP contribution < -0.4 is 5.32 Å². The minimum atomic E-state index is -0.267. The van der Waals surface area contributed by atoms with Gasteiger partial charge in [0.1, 0.15) is 23.0 Å². The van der Waals surface area contributed by atoms with Gasteiger partial charge < -0.3 is 24.7 Å². The van der Waals surface area contributed by atoms with E-state index in [-0.39, 0.29) is 43.4 Å². The highest BCUT2D eigenvalue weighted by molar-refractivity contribution is 6.04. The van der Waals surface area contributed by atoms with Crippen molar-refractivity contribution in [2.75, 3.05) is 31.6 Å². The third-order valence-electron chi connectivity index (χ3n) is 9.63. The van der Waals surface area contributed by atoms with Gasteiger partial charge in [-0.2, -0.15) is 0 Å². The van der Waals surface area contributed by atoms with E-state index in [0.29, 0.717) is 30.2 Å². The van der Waals surface area contributed by atoms with E-state index < -0.39 is 0 Å². The van der Waals surface area contributed by atoms with E-state index in [1.807, 2.05) is 79.4 Å². The molecular formula is C35H43N7O4. The Labute approximate surface area is 269 Å². The number of amides is 1. The Morgan fingerprint density at radius 1 is 0.783 bits per heavy atom. The van der Waals surface area contributed by atoms with Crippen molar-refractivity contribution in [2.24, 2.45) is 0 Å². The molecule has 11 heteroatoms. The standard InChI is InChI=1S/C35H43N7O4/c1-22(20-43)39-11-13-41-16-30(36-33(41)18-39)32(45)15-26-7-5-8-27(24(26)3)28-9-6-10-29(25(28)4)38-35(46)31-17-42-14-12-40(23(2)21-44)19-34(42)37-31/h5-10,16-17,22-23,43-44H,11-15,18-21H2,1-4H3,(H,38,46). The molecule has 2 unspecified atom stereocenters. The van der Waals surface area contributed by atoms with Gasteiger partial charge in [-0.25, -0.2) is 9.97 Å². The topological polar surface area (TPSA) is 129 Å². The quantitative estimate of drug-likeness (QED) is 0.229. The lowest BCUT2D eigenvalue weighted by molar-refractivity contribution is 0.0985. The summed E-state index contributed by atoms with van der Waals surface area (Å²) in [6.45, 7) is 12.4. The van der Waals surface area contributed by atoms with Gasteiger partial charge in [0.05, 0.1) is 26.3 Å². The monoisotopic (exact) mass is 625 g/mol. The van der Waals surface area contributed by atoms with Crippen LogP contribution in [0.2, 0.25) is 0 Å². The molecule has 0 spiro atoms. The van der Waals surface area contributed by atoms with E-state index in [2.05, 4.69) is 25.1 Å². The number of aromatic nitrogens is 4. The van der Waals surface area contributed by atoms with Crippen LogP contribution in [0.4, 0.5) is 5.69 Å². The first-order valence-electron chi connectivity index (χ1n) is 16.0. The molecule has 11 nitrogen and oxygen atoms in total. The molecule has 4 heterocycles. The zero-order chi connectivity index (χ0) is 32.5. The van der Waals surface area contributed by atoms with Crippen molar-refractivity contribution in [1.29, 1.82) is 0 Å². The molecule has 6 rings (SSSR count). The highest BCUT2D eigenvalue weighted by Gasteiger charge is 2.26. The second-order valence-electron chi connectivity index (χ2n) is 12.6. The van der Waals surface area contributed by atoms with Gasteiger partial charge in [-0.1, -0.05) is 30.3 Å². The molecule has 3 N–H and O–H groups in total. The number of nitrogens with one attached hydrogen (secondary N) is 1. The number of ketones is 1. The molecular weight excluding hydrogens is 582 g/mol. The first-order valence-corrected chi connectivity index (χ1v) is 16.0. The lowest BCUT2D eigenvalue weighted by atomic mass is 9.91. The Balaban J connectivity index is 1.17. The van der Waals surface area contributed by atoms with Gasteiger partial charge in [0.2, 0.25) is 0 Å². The van der Waals surface area contributed by atoms with Gasteiger partial charge in [-0.3, -0.25) is 19.4 Å². The zero-order valence-electron chi connectivity index (χ0n) is 27.0. The maximum absolute atomic E-state index is 13.4. The number of hydrogen-bond donors (Lipinski definition) is 3. The number of aliphatic hydroxyl groups excluding tert-OH is 2. The normalized spacial score (nSPS) is 16.5. The number of carbonyl (C=O) groups is 2. The van der Waals surface area contributed by atoms with Crippen molar-refractivity contribution in [3.05, 3.63) is 88.5 Å². The van der Waals surface area contributed by atoms with Crippen LogP contribution in [0.15, 0.2) is 48.8 Å². The highest BCUT2D eigenvalue weighted by atomic mass is 16.3. The molecule has 2 aromatic heterocycles. The molecule has 0 radical (unpaired) electrons. The largest absolute Gasteiger partial charge is 0.395 e. The third kappa shape index (κ3) is 6.28. The average molecular weight is 626 g/mol. The number of hydrogen-bond acceptors (Lipinski definition) is 8. The Morgan fingerprint density at radius 2 is 1.33 bits per heavy atom. The van der Waals surface area contributed by atoms with Crippen molar-refractivity contribution >= 4 is 17.4 Å². The molecule has 2 aliphatic rings. The maximum Gasteiger partial charge on any atom is 0.275 e. The van der Waals surface area contributed by atoms with Gasteiger partial charge in [-0.15, -0.1) is 0 Å². The molecule has 0 saturated heterocycles. The van der Waals surface area contributed by atoms with Crippen molar-refractivity contribution in [2.45, 2.75) is 72.4 Å². The summed E-state index contributed by atoms with van der Waals surface area (Å²) in [7, 11) is 0. The average Bonchev–Trinajstić information content (AvgIpc) is 3.70. The molecule has 1 amide bonds. The minimum absolute atomic E-state index is 0.0293. The predicted molar refractivity (Wildman–Crippen MR) is 176 cm³/mol. The fourth-order valence-corrected chi connectivity index (χ4v) is 6.45. The molecule has 2 atom stereocenters. The summed E-state index contributed by atoms with van der Waals surface area (Å²) in [6, 6.07) is 12.0. The van der Waals surface area contributed by atoms with Crippen molar-refractivity contribution < 1.29 is 19.8 Å². The number of benzene rings is 2. The summed E-state index contributed by atoms with van der Waals surface area (Å²) in [5, 5.41) is 22.2. The molecule has 0 fully saturated rings. The lowest BCUT2D eigenvalue weighted by Crippen LogP contribution is -2.41. The molecule has 0 saturated carbocycles. The summed E-state index contributed by atoms with van der Waals surface area (Å²) < 4.78 is 4.06. The van der Waals surface area contributed by atoms with Gasteiger partial charge in [0.15, 0.2) is 5.78 Å². The minimum Gasteiger partial charge on any atom is -0.395 e. The van der Waals surface area contributed by atoms with E-state index in [1.54, 1.807) is 6.20 Å². The summed E-state index contributed by atoms with van der Waals surface area (Å²) in [6.07, 6.45) is 3.90. The van der Waals surface area contributed by atoms with Gasteiger partial charge in [-0.05, 0) is 61.6 Å². The number of fused-ring (bicyclic) bond motifs is 2. The first-order chi connectivity index (χ1) is 22.2. The van der Waals surface area contributed by atoms with Crippen LogP contribution in [0.1, 0.15) is 63.2 Å². The lowest BCUT2D eigenvalue weighted by Gasteiger charge is -2.31. The van der Waals surface area contributed by atoms with Crippen LogP contribution in [0.3, 0.4) is 0 Å². The van der Waals surface area contributed by atoms with Crippen molar-refractivity contribution in [3.8, 4) is 11.1 Å². The molecule has 2 aromatic carbocycles. The zero-order valence-corrected chi connectivity index (χ0v) is 27.0. The van der Waals surface area contributed by atoms with Gasteiger partial charge in [0.25, 0.3) is 5.91 Å². The Bertz CT molecular complexity index is 1630. The van der Waals surface area contributed by atoms with E-state index in [4.69, 9.17) is 0 Å². The molecule has 242 valence electrons. The Hall–Kier alpha value is -4.16. The number of anilines is 1. The number of Topliss-reactive ketones (excluding diaryl/α,β-unsaturated/α-hetero) is 1. The number of rotatable bonds is 10. The van der Waals surface area contributed by atoms with E-state index in [9.17, 15) is 19.8 Å². The van der Waals surface area contributed by atoms with Crippen LogP contribution in [0, 0.1) is 13.8 Å². The molecule has 4 aromatic rings. The number of nitrogens with zero attached hydrogens (tertiary/aromatic N) is 6. The molecule has 2 aliphatic heterocycles. The first kappa shape index (κ1) is 31.8. The van der Waals surface area contributed by atoms with E-state index in [0.717, 1.165) is 65.6 Å². The van der Waals surface area contributed by atoms with E-state index in [1.165, 1.54) is 0 Å². The predicted octanol–water partition coefficient (Wildman–Crippen LogP) is 3.43. The van der Waals surface area contributed by atoms with Gasteiger partial charge in [0, 0.05) is 62.8 Å². The van der Waals surface area contributed by atoms with Crippen molar-refractivity contribution in [3.63, 3.8) is 0 Å². The Kier molecular flexibility index (Phi) is 9.19. The van der Waals surface area contributed by atoms with Crippen LogP contribution in [-0.4, -0.2) is 89.2 Å². The number of imidazole rings is 2. The fourth-order valence-electron chi connectivity index (χ4n) is 6.45. The SMILES string of the molecule is Cc1c(CC(=O)c2cn3c(n2)CN(C(C)CO)CC3)cccc1-c1cccc(NC(=O)c2cn3c(n2)CN(C(C)CO)CC3)c1C. The van der Waals surface area contributed by atoms with Crippen LogP contribution in [0.25, 0.3) is 11.1 Å². The highest BCUT2D eigenvalue weighted by Crippen LogP contribution is 2.33. The number of aliphatic hydroxyl groups is 2. The van der Waals surface area contributed by atoms with Crippen LogP contribution in [0.5, 0.6) is 0 Å². The smallest absolute Gasteiger partial charge is 0.275 e.